The summed E-state index contributed by atoms with van der Waals surface area (Å²) in [4.78, 5) is 11.5. The summed E-state index contributed by atoms with van der Waals surface area (Å²) < 4.78 is 31.6. The van der Waals surface area contributed by atoms with Crippen molar-refractivity contribution >= 4 is 15.9 Å². The number of hydrogen-bond acceptors (Lipinski definition) is 4. The summed E-state index contributed by atoms with van der Waals surface area (Å²) in [7, 11) is -0.661. The van der Waals surface area contributed by atoms with E-state index in [1.54, 1.807) is 7.05 Å². The first-order chi connectivity index (χ1) is 10.4. The van der Waals surface area contributed by atoms with Crippen LogP contribution in [0.25, 0.3) is 0 Å². The number of ether oxygens (including phenoxy) is 1. The van der Waals surface area contributed by atoms with Crippen LogP contribution in [0, 0.1) is 5.92 Å². The number of sulfonamides is 1. The fourth-order valence-electron chi connectivity index (χ4n) is 2.87. The molecule has 0 atom stereocenters. The Morgan fingerprint density at radius 2 is 2.00 bits per heavy atom. The number of benzene rings is 1. The van der Waals surface area contributed by atoms with E-state index in [4.69, 9.17) is 10.5 Å². The first kappa shape index (κ1) is 16.8. The predicted octanol–water partition coefficient (Wildman–Crippen LogP) is 1.60. The Kier molecular flexibility index (Phi) is 5.08. The van der Waals surface area contributed by atoms with Crippen LogP contribution in [0.1, 0.15) is 36.0 Å². The number of nitrogens with two attached hydrogens (primary N) is 1. The maximum Gasteiger partial charge on any atom is 0.252 e. The van der Waals surface area contributed by atoms with Gasteiger partial charge in [-0.15, -0.1) is 0 Å². The second-order valence-electron chi connectivity index (χ2n) is 5.66. The molecule has 1 fully saturated rings. The molecule has 1 aliphatic rings. The summed E-state index contributed by atoms with van der Waals surface area (Å²) >= 11 is 0. The molecule has 0 aliphatic heterocycles. The van der Waals surface area contributed by atoms with E-state index in [0.29, 0.717) is 12.5 Å². The van der Waals surface area contributed by atoms with Gasteiger partial charge in [0.15, 0.2) is 0 Å². The molecule has 0 bridgehead atoms. The van der Waals surface area contributed by atoms with E-state index in [2.05, 4.69) is 0 Å². The molecule has 1 amide bonds. The van der Waals surface area contributed by atoms with E-state index >= 15 is 0 Å². The molecular formula is C15H22N2O4S. The summed E-state index contributed by atoms with van der Waals surface area (Å²) in [5.74, 6) is -0.0362. The van der Waals surface area contributed by atoms with Gasteiger partial charge in [-0.25, -0.2) is 12.7 Å². The molecule has 6 nitrogen and oxygen atoms in total. The molecule has 1 aromatic rings. The van der Waals surface area contributed by atoms with Crippen molar-refractivity contribution in [2.45, 2.75) is 30.6 Å². The quantitative estimate of drug-likeness (QED) is 0.860. The lowest BCUT2D eigenvalue weighted by Gasteiger charge is -2.21. The van der Waals surface area contributed by atoms with Gasteiger partial charge in [0.05, 0.1) is 17.6 Å². The minimum absolute atomic E-state index is 0.0580. The number of nitrogens with zero attached hydrogens (tertiary/aromatic N) is 1. The molecule has 122 valence electrons. The lowest BCUT2D eigenvalue weighted by molar-refractivity contribution is 0.0997. The van der Waals surface area contributed by atoms with Gasteiger partial charge in [-0.3, -0.25) is 4.79 Å². The molecular weight excluding hydrogens is 304 g/mol. The van der Waals surface area contributed by atoms with Crippen LogP contribution in [0.3, 0.4) is 0 Å². The summed E-state index contributed by atoms with van der Waals surface area (Å²) in [5, 5.41) is 0. The molecule has 2 N–H and O–H groups in total. The van der Waals surface area contributed by atoms with Crippen molar-refractivity contribution in [1.29, 1.82) is 0 Å². The maximum atomic E-state index is 12.6. The summed E-state index contributed by atoms with van der Waals surface area (Å²) in [6.07, 6.45) is 4.45. The van der Waals surface area contributed by atoms with Crippen LogP contribution in [-0.4, -0.2) is 39.3 Å². The SMILES string of the molecule is COc1ccc(S(=O)(=O)N(C)CC2CCCC2)cc1C(N)=O. The van der Waals surface area contributed by atoms with Gasteiger partial charge >= 0.3 is 0 Å². The molecule has 0 spiro atoms. The zero-order chi connectivity index (χ0) is 16.3. The highest BCUT2D eigenvalue weighted by Gasteiger charge is 2.26. The highest BCUT2D eigenvalue weighted by Crippen LogP contribution is 2.28. The Morgan fingerprint density at radius 3 is 2.55 bits per heavy atom. The van der Waals surface area contributed by atoms with Gasteiger partial charge in [0.2, 0.25) is 10.0 Å². The van der Waals surface area contributed by atoms with Gasteiger partial charge in [-0.1, -0.05) is 12.8 Å². The molecule has 0 heterocycles. The summed E-state index contributed by atoms with van der Waals surface area (Å²) in [6.45, 7) is 0.500. The standard InChI is InChI=1S/C15H22N2O4S/c1-17(10-11-5-3-4-6-11)22(19,20)12-7-8-14(21-2)13(9-12)15(16)18/h7-9,11H,3-6,10H2,1-2H3,(H2,16,18). The zero-order valence-corrected chi connectivity index (χ0v) is 13.7. The van der Waals surface area contributed by atoms with Gasteiger partial charge in [0.25, 0.3) is 5.91 Å². The van der Waals surface area contributed by atoms with Crippen LogP contribution in [-0.2, 0) is 10.0 Å². The minimum Gasteiger partial charge on any atom is -0.496 e. The van der Waals surface area contributed by atoms with Crippen molar-refractivity contribution in [3.05, 3.63) is 23.8 Å². The Bertz CT molecular complexity index is 652. The highest BCUT2D eigenvalue weighted by atomic mass is 32.2. The van der Waals surface area contributed by atoms with Gasteiger partial charge in [-0.05, 0) is 37.0 Å². The van der Waals surface area contributed by atoms with E-state index in [-0.39, 0.29) is 16.2 Å². The summed E-state index contributed by atoms with van der Waals surface area (Å²) in [5.41, 5.74) is 5.35. The third-order valence-corrected chi connectivity index (χ3v) is 5.95. The van der Waals surface area contributed by atoms with Crippen molar-refractivity contribution in [1.82, 2.24) is 4.31 Å². The highest BCUT2D eigenvalue weighted by molar-refractivity contribution is 7.89. The van der Waals surface area contributed by atoms with Crippen LogP contribution in [0.2, 0.25) is 0 Å². The molecule has 0 radical (unpaired) electrons. The number of primary amides is 1. The van der Waals surface area contributed by atoms with Crippen LogP contribution in [0.15, 0.2) is 23.1 Å². The van der Waals surface area contributed by atoms with E-state index in [0.717, 1.165) is 25.7 Å². The number of carbonyl (C=O) groups is 1. The molecule has 1 saturated carbocycles. The number of methoxy groups -OCH3 is 1. The first-order valence-corrected chi connectivity index (χ1v) is 8.74. The van der Waals surface area contributed by atoms with Crippen LogP contribution < -0.4 is 10.5 Å². The van der Waals surface area contributed by atoms with E-state index < -0.39 is 15.9 Å². The van der Waals surface area contributed by atoms with E-state index in [9.17, 15) is 13.2 Å². The van der Waals surface area contributed by atoms with Gasteiger partial charge < -0.3 is 10.5 Å². The van der Waals surface area contributed by atoms with Crippen molar-refractivity contribution in [3.8, 4) is 5.75 Å². The summed E-state index contributed by atoms with van der Waals surface area (Å²) in [6, 6.07) is 4.17. The second kappa shape index (κ2) is 6.66. The smallest absolute Gasteiger partial charge is 0.252 e. The Morgan fingerprint density at radius 1 is 1.36 bits per heavy atom. The second-order valence-corrected chi connectivity index (χ2v) is 7.71. The maximum absolute atomic E-state index is 12.6. The van der Waals surface area contributed by atoms with Crippen molar-refractivity contribution in [2.75, 3.05) is 20.7 Å². The third kappa shape index (κ3) is 3.41. The molecule has 7 heteroatoms. The van der Waals surface area contributed by atoms with Crippen LogP contribution in [0.5, 0.6) is 5.75 Å². The van der Waals surface area contributed by atoms with Crippen molar-refractivity contribution < 1.29 is 17.9 Å². The fourth-order valence-corrected chi connectivity index (χ4v) is 4.15. The third-order valence-electron chi connectivity index (χ3n) is 4.13. The zero-order valence-electron chi connectivity index (χ0n) is 12.9. The van der Waals surface area contributed by atoms with Gasteiger partial charge in [0.1, 0.15) is 5.75 Å². The predicted molar refractivity (Wildman–Crippen MR) is 83.3 cm³/mol. The fraction of sp³-hybridized carbons (Fsp3) is 0.533. The average Bonchev–Trinajstić information content (AvgIpc) is 2.99. The average molecular weight is 326 g/mol. The van der Waals surface area contributed by atoms with Gasteiger partial charge in [-0.2, -0.15) is 0 Å². The lowest BCUT2D eigenvalue weighted by atomic mass is 10.1. The number of carbonyl (C=O) groups excluding carboxylic acids is 1. The molecule has 22 heavy (non-hydrogen) atoms. The van der Waals surface area contributed by atoms with E-state index in [1.165, 1.54) is 29.6 Å². The molecule has 0 aromatic heterocycles. The topological polar surface area (TPSA) is 89.7 Å². The van der Waals surface area contributed by atoms with Crippen LogP contribution in [0.4, 0.5) is 0 Å². The largest absolute Gasteiger partial charge is 0.496 e. The van der Waals surface area contributed by atoms with Gasteiger partial charge in [0, 0.05) is 13.6 Å². The monoisotopic (exact) mass is 326 g/mol. The van der Waals surface area contributed by atoms with Crippen LogP contribution >= 0.6 is 0 Å². The molecule has 1 aliphatic carbocycles. The lowest BCUT2D eigenvalue weighted by Crippen LogP contribution is -2.31. The van der Waals surface area contributed by atoms with E-state index in [1.807, 2.05) is 0 Å². The van der Waals surface area contributed by atoms with Crippen molar-refractivity contribution in [3.63, 3.8) is 0 Å². The normalized spacial score (nSPS) is 16.1. The number of rotatable bonds is 6. The number of amides is 1. The Labute approximate surface area is 131 Å². The molecule has 0 unspecified atom stereocenters. The van der Waals surface area contributed by atoms with Crippen molar-refractivity contribution in [2.24, 2.45) is 11.7 Å². The molecule has 1 aromatic carbocycles. The Balaban J connectivity index is 2.28. The molecule has 0 saturated heterocycles. The molecule has 2 rings (SSSR count). The Hall–Kier alpha value is -1.60. The number of hydrogen-bond donors (Lipinski definition) is 1. The minimum atomic E-state index is -3.64. The first-order valence-electron chi connectivity index (χ1n) is 7.30.